The molecule has 0 radical (unpaired) electrons. The molecule has 0 aliphatic rings. The first-order chi connectivity index (χ1) is 9.72. The number of ketones is 1. The van der Waals surface area contributed by atoms with Gasteiger partial charge in [-0.3, -0.25) is 9.59 Å². The van der Waals surface area contributed by atoms with E-state index in [-0.39, 0.29) is 11.7 Å². The quantitative estimate of drug-likeness (QED) is 0.869. The van der Waals surface area contributed by atoms with Crippen LogP contribution in [-0.2, 0) is 0 Å². The third kappa shape index (κ3) is 3.79. The lowest BCUT2D eigenvalue weighted by Crippen LogP contribution is -2.17. The van der Waals surface area contributed by atoms with Crippen LogP contribution in [0.15, 0.2) is 54.6 Å². The lowest BCUT2D eigenvalue weighted by atomic mass is 10.0. The second kappa shape index (κ2) is 7.89. The summed E-state index contributed by atoms with van der Waals surface area (Å²) in [7, 11) is 1.57. The summed E-state index contributed by atoms with van der Waals surface area (Å²) in [6.45, 7) is 4.00. The molecule has 0 aliphatic heterocycles. The fourth-order valence-corrected chi connectivity index (χ4v) is 1.67. The molecule has 2 aromatic rings. The zero-order valence-corrected chi connectivity index (χ0v) is 12.0. The number of hydrogen-bond donors (Lipinski definition) is 1. The maximum absolute atomic E-state index is 12.1. The van der Waals surface area contributed by atoms with Gasteiger partial charge in [-0.2, -0.15) is 0 Å². The average Bonchev–Trinajstić information content (AvgIpc) is 2.56. The molecule has 0 bridgehead atoms. The van der Waals surface area contributed by atoms with Crippen LogP contribution < -0.4 is 5.32 Å². The Morgan fingerprint density at radius 2 is 1.20 bits per heavy atom. The largest absolute Gasteiger partial charge is 0.355 e. The van der Waals surface area contributed by atoms with Crippen LogP contribution >= 0.6 is 0 Å². The van der Waals surface area contributed by atoms with Crippen LogP contribution in [0, 0.1) is 0 Å². The summed E-state index contributed by atoms with van der Waals surface area (Å²) in [6, 6.07) is 15.7. The molecule has 104 valence electrons. The Hall–Kier alpha value is -2.42. The summed E-state index contributed by atoms with van der Waals surface area (Å²) in [4.78, 5) is 23.5. The van der Waals surface area contributed by atoms with Gasteiger partial charge in [0.05, 0.1) is 0 Å². The molecule has 0 aromatic heterocycles. The Morgan fingerprint density at radius 3 is 1.70 bits per heavy atom. The number of carbonyl (C=O) groups excluding carboxylic acids is 2. The fraction of sp³-hybridized carbons (Fsp3) is 0.176. The van der Waals surface area contributed by atoms with Crippen LogP contribution in [0.5, 0.6) is 0 Å². The van der Waals surface area contributed by atoms with Crippen LogP contribution in [0.2, 0.25) is 0 Å². The van der Waals surface area contributed by atoms with E-state index in [1.165, 1.54) is 0 Å². The van der Waals surface area contributed by atoms with Crippen molar-refractivity contribution in [3.63, 3.8) is 0 Å². The highest BCUT2D eigenvalue weighted by molar-refractivity contribution is 6.09. The normalized spacial score (nSPS) is 9.15. The zero-order valence-electron chi connectivity index (χ0n) is 12.0. The van der Waals surface area contributed by atoms with E-state index in [1.807, 2.05) is 32.0 Å². The van der Waals surface area contributed by atoms with Gasteiger partial charge in [0, 0.05) is 23.7 Å². The van der Waals surface area contributed by atoms with E-state index in [9.17, 15) is 9.59 Å². The van der Waals surface area contributed by atoms with Crippen molar-refractivity contribution in [2.45, 2.75) is 13.8 Å². The molecule has 2 aromatic carbocycles. The Bertz CT molecular complexity index is 559. The summed E-state index contributed by atoms with van der Waals surface area (Å²) in [5.74, 6) is -0.201. The van der Waals surface area contributed by atoms with Crippen molar-refractivity contribution >= 4 is 11.7 Å². The molecule has 0 heterocycles. The van der Waals surface area contributed by atoms with Crippen molar-refractivity contribution in [1.82, 2.24) is 5.32 Å². The van der Waals surface area contributed by atoms with E-state index in [2.05, 4.69) is 5.32 Å². The summed E-state index contributed by atoms with van der Waals surface area (Å²) in [6.07, 6.45) is 0. The molecular formula is C17H19NO2. The molecule has 0 unspecified atom stereocenters. The molecule has 0 fully saturated rings. The highest BCUT2D eigenvalue weighted by atomic mass is 16.1. The second-order valence-corrected chi connectivity index (χ2v) is 3.85. The van der Waals surface area contributed by atoms with Gasteiger partial charge in [0.15, 0.2) is 5.78 Å². The average molecular weight is 269 g/mol. The molecule has 3 heteroatoms. The molecule has 1 N–H and O–H groups in total. The fourth-order valence-electron chi connectivity index (χ4n) is 1.67. The molecule has 3 nitrogen and oxygen atoms in total. The van der Waals surface area contributed by atoms with Crippen molar-refractivity contribution < 1.29 is 9.59 Å². The van der Waals surface area contributed by atoms with Gasteiger partial charge < -0.3 is 5.32 Å². The van der Waals surface area contributed by atoms with Crippen molar-refractivity contribution in [3.8, 4) is 0 Å². The van der Waals surface area contributed by atoms with Crippen LogP contribution in [0.1, 0.15) is 40.1 Å². The van der Waals surface area contributed by atoms with Crippen molar-refractivity contribution in [3.05, 3.63) is 71.3 Å². The number of amides is 1. The van der Waals surface area contributed by atoms with E-state index in [4.69, 9.17) is 0 Å². The molecule has 0 saturated heterocycles. The molecular weight excluding hydrogens is 250 g/mol. The number of benzene rings is 2. The molecule has 0 atom stereocenters. The van der Waals surface area contributed by atoms with Gasteiger partial charge in [0.2, 0.25) is 0 Å². The smallest absolute Gasteiger partial charge is 0.251 e. The van der Waals surface area contributed by atoms with Gasteiger partial charge in [0.25, 0.3) is 5.91 Å². The highest BCUT2D eigenvalue weighted by Gasteiger charge is 2.09. The van der Waals surface area contributed by atoms with Crippen molar-refractivity contribution in [2.75, 3.05) is 7.05 Å². The topological polar surface area (TPSA) is 46.2 Å². The minimum atomic E-state index is -0.159. The first kappa shape index (κ1) is 15.6. The van der Waals surface area contributed by atoms with Gasteiger partial charge in [0.1, 0.15) is 0 Å². The first-order valence-corrected chi connectivity index (χ1v) is 6.64. The number of rotatable bonds is 3. The highest BCUT2D eigenvalue weighted by Crippen LogP contribution is 2.11. The molecule has 1 amide bonds. The summed E-state index contributed by atoms with van der Waals surface area (Å²) in [5, 5.41) is 2.54. The number of nitrogens with one attached hydrogen (secondary N) is 1. The standard InChI is InChI=1S/C15H13NO2.C2H6/c1-16-15(18)13-9-7-12(8-10-13)14(17)11-5-3-2-4-6-11;1-2/h2-10H,1H3,(H,16,18);1-2H3. The minimum absolute atomic E-state index is 0.0425. The maximum atomic E-state index is 12.1. The SMILES string of the molecule is CC.CNC(=O)c1ccc(C(=O)c2ccccc2)cc1. The second-order valence-electron chi connectivity index (χ2n) is 3.85. The third-order valence-corrected chi connectivity index (χ3v) is 2.67. The van der Waals surface area contributed by atoms with Crippen LogP contribution in [-0.4, -0.2) is 18.7 Å². The van der Waals surface area contributed by atoms with Gasteiger partial charge in [-0.25, -0.2) is 0 Å². The first-order valence-electron chi connectivity index (χ1n) is 6.64. The monoisotopic (exact) mass is 269 g/mol. The van der Waals surface area contributed by atoms with E-state index >= 15 is 0 Å². The zero-order chi connectivity index (χ0) is 15.0. The Balaban J connectivity index is 0.000000956. The molecule has 20 heavy (non-hydrogen) atoms. The maximum Gasteiger partial charge on any atom is 0.251 e. The molecule has 0 saturated carbocycles. The lowest BCUT2D eigenvalue weighted by molar-refractivity contribution is 0.0961. The van der Waals surface area contributed by atoms with E-state index < -0.39 is 0 Å². The van der Waals surface area contributed by atoms with Crippen LogP contribution in [0.3, 0.4) is 0 Å². The molecule has 0 aliphatic carbocycles. The summed E-state index contributed by atoms with van der Waals surface area (Å²) < 4.78 is 0. The Kier molecular flexibility index (Phi) is 6.17. The Morgan fingerprint density at radius 1 is 0.750 bits per heavy atom. The van der Waals surface area contributed by atoms with Crippen LogP contribution in [0.4, 0.5) is 0 Å². The number of carbonyl (C=O) groups is 2. The predicted molar refractivity (Wildman–Crippen MR) is 81.1 cm³/mol. The van der Waals surface area contributed by atoms with Crippen molar-refractivity contribution in [2.24, 2.45) is 0 Å². The van der Waals surface area contributed by atoms with E-state index in [0.29, 0.717) is 16.7 Å². The van der Waals surface area contributed by atoms with E-state index in [0.717, 1.165) is 0 Å². The summed E-state index contributed by atoms with van der Waals surface area (Å²) in [5.41, 5.74) is 1.76. The molecule has 2 rings (SSSR count). The van der Waals surface area contributed by atoms with E-state index in [1.54, 1.807) is 43.4 Å². The lowest BCUT2D eigenvalue weighted by Gasteiger charge is -2.03. The predicted octanol–water partition coefficient (Wildman–Crippen LogP) is 3.30. The van der Waals surface area contributed by atoms with Crippen LogP contribution in [0.25, 0.3) is 0 Å². The molecule has 0 spiro atoms. The van der Waals surface area contributed by atoms with Gasteiger partial charge in [-0.05, 0) is 12.1 Å². The minimum Gasteiger partial charge on any atom is -0.355 e. The third-order valence-electron chi connectivity index (χ3n) is 2.67. The number of hydrogen-bond acceptors (Lipinski definition) is 2. The van der Waals surface area contributed by atoms with Gasteiger partial charge in [-0.15, -0.1) is 0 Å². The van der Waals surface area contributed by atoms with Gasteiger partial charge in [-0.1, -0.05) is 56.3 Å². The summed E-state index contributed by atoms with van der Waals surface area (Å²) >= 11 is 0. The van der Waals surface area contributed by atoms with Crippen molar-refractivity contribution in [1.29, 1.82) is 0 Å². The van der Waals surface area contributed by atoms with Gasteiger partial charge >= 0.3 is 0 Å². The Labute approximate surface area is 119 Å².